The zero-order valence-corrected chi connectivity index (χ0v) is 12.1. The molecule has 0 aliphatic heterocycles. The third-order valence-corrected chi connectivity index (χ3v) is 2.65. The van der Waals surface area contributed by atoms with E-state index >= 15 is 0 Å². The highest BCUT2D eigenvalue weighted by molar-refractivity contribution is 6.31. The fourth-order valence-electron chi connectivity index (χ4n) is 1.53. The van der Waals surface area contributed by atoms with Crippen molar-refractivity contribution in [2.24, 2.45) is 5.16 Å². The van der Waals surface area contributed by atoms with Crippen LogP contribution in [0.1, 0.15) is 0 Å². The lowest BCUT2D eigenvalue weighted by molar-refractivity contribution is -0.110. The number of para-hydroxylation sites is 1. The minimum absolute atomic E-state index is 0.460. The summed E-state index contributed by atoms with van der Waals surface area (Å²) in [4.78, 5) is 27.5. The van der Waals surface area contributed by atoms with Crippen LogP contribution >= 0.6 is 11.6 Å². The van der Waals surface area contributed by atoms with E-state index in [0.717, 1.165) is 6.21 Å². The molecule has 0 aromatic heterocycles. The second-order valence-corrected chi connectivity index (χ2v) is 4.54. The van der Waals surface area contributed by atoms with Crippen LogP contribution < -0.4 is 10.6 Å². The summed E-state index contributed by atoms with van der Waals surface area (Å²) >= 11 is 5.78. The number of benzene rings is 2. The molecule has 0 saturated heterocycles. The minimum atomic E-state index is -0.828. The maximum absolute atomic E-state index is 11.5. The number of nitrogens with one attached hydrogen (secondary N) is 2. The van der Waals surface area contributed by atoms with Crippen LogP contribution in [0.25, 0.3) is 0 Å². The fraction of sp³-hybridized carbons (Fsp3) is 0. The van der Waals surface area contributed by atoms with Crippen molar-refractivity contribution in [3.05, 3.63) is 59.6 Å². The molecular weight excluding hydrogens is 306 g/mol. The van der Waals surface area contributed by atoms with Gasteiger partial charge in [-0.2, -0.15) is 0 Å². The number of hydrogen-bond acceptors (Lipinski definition) is 4. The van der Waals surface area contributed by atoms with Gasteiger partial charge in [-0.05, 0) is 30.3 Å². The number of halogens is 1. The minimum Gasteiger partial charge on any atom is -0.321 e. The van der Waals surface area contributed by atoms with Gasteiger partial charge in [0.1, 0.15) is 6.21 Å². The zero-order chi connectivity index (χ0) is 15.8. The molecule has 7 heteroatoms. The van der Waals surface area contributed by atoms with E-state index in [9.17, 15) is 9.59 Å². The van der Waals surface area contributed by atoms with Crippen molar-refractivity contribution in [3.63, 3.8) is 0 Å². The van der Waals surface area contributed by atoms with E-state index in [-0.39, 0.29) is 0 Å². The van der Waals surface area contributed by atoms with Crippen molar-refractivity contribution < 1.29 is 14.4 Å². The molecule has 0 unspecified atom stereocenters. The molecular formula is C15H12ClN3O3. The van der Waals surface area contributed by atoms with E-state index in [0.29, 0.717) is 16.4 Å². The van der Waals surface area contributed by atoms with E-state index in [1.54, 1.807) is 48.5 Å². The Kier molecular flexibility index (Phi) is 5.50. The van der Waals surface area contributed by atoms with Crippen molar-refractivity contribution in [1.82, 2.24) is 0 Å². The maximum atomic E-state index is 11.5. The lowest BCUT2D eigenvalue weighted by atomic mass is 10.3. The number of rotatable bonds is 4. The summed E-state index contributed by atoms with van der Waals surface area (Å²) in [5.41, 5.74) is 1.07. The van der Waals surface area contributed by atoms with Gasteiger partial charge in [0.2, 0.25) is 0 Å². The van der Waals surface area contributed by atoms with Crippen molar-refractivity contribution in [3.8, 4) is 0 Å². The molecule has 0 spiro atoms. The number of carbonyl (C=O) groups excluding carboxylic acids is 2. The normalized spacial score (nSPS) is 10.2. The van der Waals surface area contributed by atoms with Crippen LogP contribution in [-0.2, 0) is 9.63 Å². The van der Waals surface area contributed by atoms with Gasteiger partial charge in [-0.1, -0.05) is 41.0 Å². The SMILES string of the molecule is O=C(C=NOC(=O)Nc1cccc(Cl)c1)Nc1ccccc1. The Morgan fingerprint density at radius 1 is 1.00 bits per heavy atom. The van der Waals surface area contributed by atoms with Crippen LogP contribution in [-0.4, -0.2) is 18.2 Å². The smallest absolute Gasteiger partial charge is 0.321 e. The first-order valence-electron chi connectivity index (χ1n) is 6.26. The summed E-state index contributed by atoms with van der Waals surface area (Å²) in [5, 5.41) is 8.75. The quantitative estimate of drug-likeness (QED) is 0.514. The van der Waals surface area contributed by atoms with E-state index in [4.69, 9.17) is 11.6 Å². The third kappa shape index (κ3) is 5.26. The standard InChI is InChI=1S/C15H12ClN3O3/c16-11-5-4-8-13(9-11)19-15(21)22-17-10-14(20)18-12-6-2-1-3-7-12/h1-10H,(H,18,20)(H,19,21). The van der Waals surface area contributed by atoms with Crippen molar-refractivity contribution in [2.75, 3.05) is 10.6 Å². The van der Waals surface area contributed by atoms with Gasteiger partial charge in [0.05, 0.1) is 0 Å². The zero-order valence-electron chi connectivity index (χ0n) is 11.3. The Morgan fingerprint density at radius 3 is 2.45 bits per heavy atom. The van der Waals surface area contributed by atoms with Gasteiger partial charge < -0.3 is 5.32 Å². The van der Waals surface area contributed by atoms with Crippen molar-refractivity contribution >= 4 is 41.2 Å². The second kappa shape index (κ2) is 7.80. The molecule has 2 N–H and O–H groups in total. The molecule has 0 aliphatic carbocycles. The third-order valence-electron chi connectivity index (χ3n) is 2.42. The lowest BCUT2D eigenvalue weighted by Crippen LogP contribution is -2.15. The topological polar surface area (TPSA) is 79.8 Å². The van der Waals surface area contributed by atoms with Gasteiger partial charge in [-0.25, -0.2) is 4.79 Å². The average Bonchev–Trinajstić information content (AvgIpc) is 2.48. The van der Waals surface area contributed by atoms with E-state index in [2.05, 4.69) is 20.6 Å². The van der Waals surface area contributed by atoms with Gasteiger partial charge in [-0.3, -0.25) is 14.9 Å². The van der Waals surface area contributed by atoms with Gasteiger partial charge in [0.15, 0.2) is 0 Å². The maximum Gasteiger partial charge on any atom is 0.437 e. The number of anilines is 2. The molecule has 0 bridgehead atoms. The van der Waals surface area contributed by atoms with Crippen LogP contribution in [0.3, 0.4) is 0 Å². The molecule has 2 aromatic rings. The predicted molar refractivity (Wildman–Crippen MR) is 85.1 cm³/mol. The highest BCUT2D eigenvalue weighted by Gasteiger charge is 2.03. The molecule has 112 valence electrons. The van der Waals surface area contributed by atoms with Gasteiger partial charge >= 0.3 is 6.09 Å². The van der Waals surface area contributed by atoms with Crippen LogP contribution in [0.4, 0.5) is 16.2 Å². The Hall–Kier alpha value is -2.86. The van der Waals surface area contributed by atoms with Crippen molar-refractivity contribution in [2.45, 2.75) is 0 Å². The van der Waals surface area contributed by atoms with Crippen LogP contribution in [0.15, 0.2) is 59.8 Å². The van der Waals surface area contributed by atoms with Crippen LogP contribution in [0, 0.1) is 0 Å². The molecule has 0 heterocycles. The van der Waals surface area contributed by atoms with E-state index in [1.807, 2.05) is 6.07 Å². The summed E-state index contributed by atoms with van der Waals surface area (Å²) in [6.45, 7) is 0. The first-order valence-corrected chi connectivity index (χ1v) is 6.64. The number of nitrogens with zero attached hydrogens (tertiary/aromatic N) is 1. The lowest BCUT2D eigenvalue weighted by Gasteiger charge is -2.02. The van der Waals surface area contributed by atoms with Crippen molar-refractivity contribution in [1.29, 1.82) is 0 Å². The summed E-state index contributed by atoms with van der Waals surface area (Å²) in [6, 6.07) is 15.4. The molecule has 22 heavy (non-hydrogen) atoms. The first-order chi connectivity index (χ1) is 10.6. The number of hydrogen-bond donors (Lipinski definition) is 2. The molecule has 0 saturated carbocycles. The summed E-state index contributed by atoms with van der Waals surface area (Å²) < 4.78 is 0. The number of carbonyl (C=O) groups is 2. The van der Waals surface area contributed by atoms with Crippen LogP contribution in [0.5, 0.6) is 0 Å². The Morgan fingerprint density at radius 2 is 1.73 bits per heavy atom. The largest absolute Gasteiger partial charge is 0.437 e. The molecule has 0 fully saturated rings. The fourth-order valence-corrected chi connectivity index (χ4v) is 1.72. The summed E-state index contributed by atoms with van der Waals surface area (Å²) in [6.07, 6.45) is 0.0379. The molecule has 0 radical (unpaired) electrons. The van der Waals surface area contributed by atoms with E-state index < -0.39 is 12.0 Å². The Balaban J connectivity index is 1.79. The van der Waals surface area contributed by atoms with Crippen LogP contribution in [0.2, 0.25) is 5.02 Å². The molecule has 0 atom stereocenters. The summed E-state index contributed by atoms with van der Waals surface area (Å²) in [5.74, 6) is -0.512. The second-order valence-electron chi connectivity index (χ2n) is 4.10. The average molecular weight is 318 g/mol. The molecule has 2 aromatic carbocycles. The highest BCUT2D eigenvalue weighted by Crippen LogP contribution is 2.14. The van der Waals surface area contributed by atoms with Gasteiger partial charge in [0.25, 0.3) is 5.91 Å². The molecule has 2 rings (SSSR count). The Labute approximate surface area is 131 Å². The van der Waals surface area contributed by atoms with E-state index in [1.165, 1.54) is 0 Å². The monoisotopic (exact) mass is 317 g/mol. The molecule has 6 nitrogen and oxygen atoms in total. The van der Waals surface area contributed by atoms with Gasteiger partial charge in [-0.15, -0.1) is 0 Å². The molecule has 0 aliphatic rings. The molecule has 2 amide bonds. The first kappa shape index (κ1) is 15.5. The predicted octanol–water partition coefficient (Wildman–Crippen LogP) is 3.51. The highest BCUT2D eigenvalue weighted by atomic mass is 35.5. The summed E-state index contributed by atoms with van der Waals surface area (Å²) in [7, 11) is 0. The number of oxime groups is 1. The number of amides is 2. The Bertz CT molecular complexity index is 689. The van der Waals surface area contributed by atoms with Gasteiger partial charge in [0, 0.05) is 16.4 Å².